The molecule has 2 aromatic heterocycles. The van der Waals surface area contributed by atoms with Crippen molar-refractivity contribution < 1.29 is 14.4 Å². The highest BCUT2D eigenvalue weighted by Crippen LogP contribution is 2.38. The van der Waals surface area contributed by atoms with Gasteiger partial charge in [-0.2, -0.15) is 0 Å². The number of halogens is 1. The normalized spacial score (nSPS) is 12.0. The molecule has 3 rings (SSSR count). The number of hydrogen-bond donors (Lipinski definition) is 2. The maximum atomic E-state index is 11.1. The fourth-order valence-corrected chi connectivity index (χ4v) is 3.94. The highest BCUT2D eigenvalue weighted by molar-refractivity contribution is 7.51. The second kappa shape index (κ2) is 6.30. The van der Waals surface area contributed by atoms with Crippen LogP contribution in [0.2, 0.25) is 5.02 Å². The monoisotopic (exact) mass is 368 g/mol. The first-order valence-corrected chi connectivity index (χ1v) is 9.87. The van der Waals surface area contributed by atoms with Gasteiger partial charge in [-0.1, -0.05) is 23.7 Å². The zero-order chi connectivity index (χ0) is 16.6. The van der Waals surface area contributed by atoms with Crippen LogP contribution in [0.5, 0.6) is 0 Å². The fraction of sp³-hybridized carbons (Fsp3) is 0.200. The van der Waals surface area contributed by atoms with Crippen LogP contribution in [-0.2, 0) is 11.0 Å². The summed E-state index contributed by atoms with van der Waals surface area (Å²) in [4.78, 5) is 28.3. The van der Waals surface area contributed by atoms with E-state index in [1.807, 2.05) is 31.2 Å². The summed E-state index contributed by atoms with van der Waals surface area (Å²) < 4.78 is 11.1. The van der Waals surface area contributed by atoms with Crippen LogP contribution in [-0.4, -0.2) is 25.9 Å². The number of fused-ring (bicyclic) bond motifs is 1. The first kappa shape index (κ1) is 16.6. The van der Waals surface area contributed by atoms with Crippen LogP contribution >= 0.6 is 30.5 Å². The Hall–Kier alpha value is -1.30. The molecule has 0 saturated carbocycles. The minimum atomic E-state index is -4.05. The fourth-order valence-electron chi connectivity index (χ4n) is 2.24. The largest absolute Gasteiger partial charge is 0.325 e. The molecule has 0 aliphatic rings. The van der Waals surface area contributed by atoms with E-state index in [0.29, 0.717) is 10.7 Å². The molecule has 0 bridgehead atoms. The number of benzene rings is 1. The minimum absolute atomic E-state index is 0.216. The van der Waals surface area contributed by atoms with Crippen LogP contribution in [0.1, 0.15) is 11.3 Å². The number of aromatic nitrogens is 2. The zero-order valence-electron chi connectivity index (χ0n) is 12.2. The summed E-state index contributed by atoms with van der Waals surface area (Å²) in [6.45, 7) is 1.95. The van der Waals surface area contributed by atoms with Crippen molar-refractivity contribution in [1.82, 2.24) is 9.97 Å². The van der Waals surface area contributed by atoms with Crippen molar-refractivity contribution in [2.75, 3.05) is 6.16 Å². The van der Waals surface area contributed by atoms with Gasteiger partial charge in [-0.15, -0.1) is 11.3 Å². The van der Waals surface area contributed by atoms with Crippen molar-refractivity contribution >= 4 is 40.8 Å². The number of rotatable bonds is 4. The van der Waals surface area contributed by atoms with Gasteiger partial charge in [0.25, 0.3) is 0 Å². The lowest BCUT2D eigenvalue weighted by molar-refractivity contribution is 0.373. The predicted octanol–water partition coefficient (Wildman–Crippen LogP) is 4.04. The van der Waals surface area contributed by atoms with E-state index in [-0.39, 0.29) is 12.6 Å². The van der Waals surface area contributed by atoms with Gasteiger partial charge in [-0.25, -0.2) is 9.97 Å². The Bertz CT molecular complexity index is 922. The summed E-state index contributed by atoms with van der Waals surface area (Å²) in [6, 6.07) is 7.82. The second-order valence-corrected chi connectivity index (χ2v) is 8.47. The third-order valence-electron chi connectivity index (χ3n) is 3.51. The average molecular weight is 369 g/mol. The highest BCUT2D eigenvalue weighted by Gasteiger charge is 2.16. The molecule has 0 spiro atoms. The van der Waals surface area contributed by atoms with E-state index in [2.05, 4.69) is 9.97 Å². The molecular weight excluding hydrogens is 355 g/mol. The molecular formula is C15H14ClN2O3PS. The molecule has 3 aromatic rings. The van der Waals surface area contributed by atoms with E-state index in [0.717, 1.165) is 26.2 Å². The van der Waals surface area contributed by atoms with E-state index < -0.39 is 7.60 Å². The van der Waals surface area contributed by atoms with Crippen molar-refractivity contribution in [3.8, 4) is 10.4 Å². The number of nitrogens with zero attached hydrogens (tertiary/aromatic N) is 2. The number of hydrogen-bond acceptors (Lipinski definition) is 4. The first-order valence-electron chi connectivity index (χ1n) is 6.88. The van der Waals surface area contributed by atoms with Crippen LogP contribution in [0.25, 0.3) is 20.7 Å². The van der Waals surface area contributed by atoms with Crippen molar-refractivity contribution in [2.24, 2.45) is 0 Å². The van der Waals surface area contributed by atoms with Gasteiger partial charge in [-0.3, -0.25) is 4.57 Å². The molecule has 5 nitrogen and oxygen atoms in total. The van der Waals surface area contributed by atoms with Gasteiger partial charge in [0, 0.05) is 21.7 Å². The van der Waals surface area contributed by atoms with E-state index in [4.69, 9.17) is 21.4 Å². The molecule has 0 amide bonds. The van der Waals surface area contributed by atoms with Crippen molar-refractivity contribution in [3.05, 3.63) is 46.9 Å². The Morgan fingerprint density at radius 3 is 2.74 bits per heavy atom. The lowest BCUT2D eigenvalue weighted by atomic mass is 10.1. The Morgan fingerprint density at radius 2 is 2.04 bits per heavy atom. The molecule has 1 aromatic carbocycles. The average Bonchev–Trinajstić information content (AvgIpc) is 2.91. The van der Waals surface area contributed by atoms with Gasteiger partial charge in [0.2, 0.25) is 0 Å². The third kappa shape index (κ3) is 3.79. The Labute approximate surface area is 142 Å². The Balaban J connectivity index is 2.01. The number of aryl methyl sites for hydroxylation is 2. The van der Waals surface area contributed by atoms with Crippen molar-refractivity contribution in [3.63, 3.8) is 0 Å². The van der Waals surface area contributed by atoms with E-state index in [1.54, 1.807) is 0 Å². The van der Waals surface area contributed by atoms with Crippen LogP contribution in [0.3, 0.4) is 0 Å². The van der Waals surface area contributed by atoms with Gasteiger partial charge in [0.05, 0.1) is 11.9 Å². The Kier molecular flexibility index (Phi) is 4.54. The van der Waals surface area contributed by atoms with Gasteiger partial charge < -0.3 is 9.79 Å². The van der Waals surface area contributed by atoms with Gasteiger partial charge >= 0.3 is 7.60 Å². The molecule has 0 fully saturated rings. The van der Waals surface area contributed by atoms with Crippen LogP contribution in [0.15, 0.2) is 30.6 Å². The quantitative estimate of drug-likeness (QED) is 0.679. The minimum Gasteiger partial charge on any atom is -0.324 e. The Morgan fingerprint density at radius 1 is 1.26 bits per heavy atom. The zero-order valence-corrected chi connectivity index (χ0v) is 14.7. The molecule has 0 saturated heterocycles. The molecule has 0 aliphatic carbocycles. The first-order chi connectivity index (χ1) is 10.8. The number of thiophene rings is 1. The van der Waals surface area contributed by atoms with Crippen molar-refractivity contribution in [1.29, 1.82) is 0 Å². The van der Waals surface area contributed by atoms with E-state index >= 15 is 0 Å². The second-order valence-electron chi connectivity index (χ2n) is 5.25. The summed E-state index contributed by atoms with van der Waals surface area (Å²) in [5.74, 6) is 0. The summed E-state index contributed by atoms with van der Waals surface area (Å²) in [5.41, 5.74) is 2.65. The van der Waals surface area contributed by atoms with Gasteiger partial charge in [0.15, 0.2) is 0 Å². The maximum absolute atomic E-state index is 11.1. The van der Waals surface area contributed by atoms with Gasteiger partial charge in [0.1, 0.15) is 11.2 Å². The molecule has 8 heteroatoms. The van der Waals surface area contributed by atoms with E-state index in [1.165, 1.54) is 17.7 Å². The molecule has 23 heavy (non-hydrogen) atoms. The highest BCUT2D eigenvalue weighted by atomic mass is 35.5. The molecule has 0 atom stereocenters. The topological polar surface area (TPSA) is 83.3 Å². The lowest BCUT2D eigenvalue weighted by Gasteiger charge is -2.03. The van der Waals surface area contributed by atoms with E-state index in [9.17, 15) is 4.57 Å². The van der Waals surface area contributed by atoms with Crippen molar-refractivity contribution in [2.45, 2.75) is 13.3 Å². The smallest absolute Gasteiger partial charge is 0.324 e. The molecule has 120 valence electrons. The van der Waals surface area contributed by atoms with Crippen LogP contribution in [0, 0.1) is 6.92 Å². The predicted molar refractivity (Wildman–Crippen MR) is 93.2 cm³/mol. The third-order valence-corrected chi connectivity index (χ3v) is 5.81. The van der Waals surface area contributed by atoms with Gasteiger partial charge in [-0.05, 0) is 30.2 Å². The lowest BCUT2D eigenvalue weighted by Crippen LogP contribution is -1.97. The standard InChI is InChI=1S/C15H14ClN2O3PS/c1-9-2-3-10(6-12(9)16)14-7-11-13(4-5-22(19,20)21)17-8-18-15(11)23-14/h2-3,6-8H,4-5H2,1H3,(H2,19,20,21). The molecule has 0 unspecified atom stereocenters. The maximum Gasteiger partial charge on any atom is 0.325 e. The molecule has 0 radical (unpaired) electrons. The van der Waals surface area contributed by atoms with Crippen LogP contribution < -0.4 is 0 Å². The summed E-state index contributed by atoms with van der Waals surface area (Å²) in [7, 11) is -4.05. The van der Waals surface area contributed by atoms with Crippen LogP contribution in [0.4, 0.5) is 0 Å². The summed E-state index contributed by atoms with van der Waals surface area (Å²) in [5, 5.41) is 1.53. The molecule has 2 heterocycles. The molecule has 0 aliphatic heterocycles. The SMILES string of the molecule is Cc1ccc(-c2cc3c(CCP(=O)(O)O)ncnc3s2)cc1Cl. The summed E-state index contributed by atoms with van der Waals surface area (Å²) >= 11 is 7.69. The summed E-state index contributed by atoms with van der Waals surface area (Å²) in [6.07, 6.45) is 1.43. The molecule has 2 N–H and O–H groups in total.